The monoisotopic (exact) mass is 482 g/mol. The number of piperidine rings is 1. The molecule has 3 heterocycles. The summed E-state index contributed by atoms with van der Waals surface area (Å²) in [6.07, 6.45) is 2.77. The molecule has 0 bridgehead atoms. The molecule has 0 spiro atoms. The predicted octanol–water partition coefficient (Wildman–Crippen LogP) is 0.182. The van der Waals surface area contributed by atoms with Gasteiger partial charge in [-0.2, -0.15) is 0 Å². The number of aromatic nitrogens is 4. The Kier molecular flexibility index (Phi) is 7.45. The van der Waals surface area contributed by atoms with Crippen LogP contribution in [0.1, 0.15) is 25.3 Å². The summed E-state index contributed by atoms with van der Waals surface area (Å²) < 4.78 is 9.24. The van der Waals surface area contributed by atoms with Gasteiger partial charge in [0, 0.05) is 39.7 Å². The zero-order chi connectivity index (χ0) is 24.9. The average Bonchev–Trinajstić information content (AvgIpc) is 3.27. The molecule has 1 aliphatic heterocycles. The summed E-state index contributed by atoms with van der Waals surface area (Å²) in [6.45, 7) is 2.98. The van der Waals surface area contributed by atoms with E-state index in [1.165, 1.54) is 17.8 Å². The number of likely N-dealkylation sites (tertiary alicyclic amines) is 1. The molecular weight excluding hydrogens is 452 g/mol. The molecule has 1 N–H and O–H groups in total. The van der Waals surface area contributed by atoms with Gasteiger partial charge >= 0.3 is 5.69 Å². The van der Waals surface area contributed by atoms with Gasteiger partial charge < -0.3 is 19.5 Å². The van der Waals surface area contributed by atoms with Gasteiger partial charge in [0.25, 0.3) is 5.56 Å². The highest BCUT2D eigenvalue weighted by Crippen LogP contribution is 2.12. The summed E-state index contributed by atoms with van der Waals surface area (Å²) in [4.78, 5) is 57.3. The fourth-order valence-corrected chi connectivity index (χ4v) is 4.44. The molecule has 11 heteroatoms. The molecule has 1 saturated heterocycles. The maximum absolute atomic E-state index is 13.5. The Morgan fingerprint density at radius 2 is 1.83 bits per heavy atom. The Morgan fingerprint density at radius 1 is 1.11 bits per heavy atom. The molecule has 1 aromatic carbocycles. The van der Waals surface area contributed by atoms with E-state index < -0.39 is 11.2 Å². The van der Waals surface area contributed by atoms with E-state index in [-0.39, 0.29) is 42.1 Å². The van der Waals surface area contributed by atoms with E-state index in [2.05, 4.69) is 10.3 Å². The first-order valence-corrected chi connectivity index (χ1v) is 11.6. The van der Waals surface area contributed by atoms with Crippen LogP contribution in [0.25, 0.3) is 11.2 Å². The van der Waals surface area contributed by atoms with Crippen LogP contribution in [0.4, 0.5) is 0 Å². The van der Waals surface area contributed by atoms with Gasteiger partial charge in [-0.15, -0.1) is 0 Å². The molecule has 0 saturated carbocycles. The van der Waals surface area contributed by atoms with Crippen LogP contribution in [-0.4, -0.2) is 68.2 Å². The Labute approximate surface area is 201 Å². The fraction of sp³-hybridized carbons (Fsp3) is 0.458. The minimum atomic E-state index is -0.579. The molecular formula is C24H30N6O5. The number of carbonyl (C=O) groups is 2. The van der Waals surface area contributed by atoms with Crippen molar-refractivity contribution in [2.45, 2.75) is 45.4 Å². The highest BCUT2D eigenvalue weighted by Gasteiger charge is 2.26. The third-order valence-corrected chi connectivity index (χ3v) is 6.25. The van der Waals surface area contributed by atoms with Crippen molar-refractivity contribution in [3.63, 3.8) is 0 Å². The lowest BCUT2D eigenvalue weighted by Crippen LogP contribution is -2.49. The van der Waals surface area contributed by atoms with Crippen molar-refractivity contribution in [1.29, 1.82) is 0 Å². The summed E-state index contributed by atoms with van der Waals surface area (Å²) in [5.41, 5.74) is 0.280. The minimum absolute atomic E-state index is 0.0221. The van der Waals surface area contributed by atoms with E-state index in [1.807, 2.05) is 30.3 Å². The number of carbonyl (C=O) groups excluding carboxylic acids is 2. The number of rotatable bonds is 8. The normalized spacial score (nSPS) is 14.4. The lowest BCUT2D eigenvalue weighted by atomic mass is 10.1. The van der Waals surface area contributed by atoms with Crippen LogP contribution in [0.15, 0.2) is 46.2 Å². The summed E-state index contributed by atoms with van der Waals surface area (Å²) in [5.74, 6) is -0.405. The summed E-state index contributed by atoms with van der Waals surface area (Å²) in [6, 6.07) is 9.43. The highest BCUT2D eigenvalue weighted by atomic mass is 16.5. The number of fused-ring (bicyclic) bond motifs is 1. The number of methoxy groups -OCH3 is 1. The lowest BCUT2D eigenvalue weighted by Gasteiger charge is -2.32. The number of imidazole rings is 1. The maximum atomic E-state index is 13.5. The molecule has 1 fully saturated rings. The van der Waals surface area contributed by atoms with Gasteiger partial charge in [0.15, 0.2) is 11.2 Å². The second-order valence-corrected chi connectivity index (χ2v) is 8.70. The van der Waals surface area contributed by atoms with Gasteiger partial charge in [-0.25, -0.2) is 14.3 Å². The molecule has 0 radical (unpaired) electrons. The SMILES string of the molecule is COCCn1cnc2c1c(=O)n(CC(=O)N1CCC(NC(C)=O)CC1)c(=O)n2Cc1ccccc1. The second kappa shape index (κ2) is 10.7. The van der Waals surface area contributed by atoms with Crippen LogP contribution in [0.5, 0.6) is 0 Å². The molecule has 0 unspecified atom stereocenters. The molecule has 3 aromatic rings. The Morgan fingerprint density at radius 3 is 2.49 bits per heavy atom. The van der Waals surface area contributed by atoms with E-state index in [0.717, 1.165) is 10.1 Å². The topological polar surface area (TPSA) is 120 Å². The number of hydrogen-bond donors (Lipinski definition) is 1. The quantitative estimate of drug-likeness (QED) is 0.489. The first-order chi connectivity index (χ1) is 16.9. The Bertz CT molecular complexity index is 1320. The largest absolute Gasteiger partial charge is 0.383 e. The molecule has 0 atom stereocenters. The van der Waals surface area contributed by atoms with Crippen molar-refractivity contribution < 1.29 is 14.3 Å². The van der Waals surface area contributed by atoms with E-state index in [9.17, 15) is 19.2 Å². The smallest absolute Gasteiger partial charge is 0.333 e. The standard InChI is InChI=1S/C24H30N6O5/c1-17(31)26-19-8-10-27(11-9-19)20(32)15-30-23(33)21-22(25-16-28(21)12-13-35-2)29(24(30)34)14-18-6-4-3-5-7-18/h3-7,16,19H,8-15H2,1-2H3,(H,26,31). The summed E-state index contributed by atoms with van der Waals surface area (Å²) in [7, 11) is 1.57. The summed E-state index contributed by atoms with van der Waals surface area (Å²) >= 11 is 0. The number of nitrogens with zero attached hydrogens (tertiary/aromatic N) is 5. The number of nitrogens with one attached hydrogen (secondary N) is 1. The van der Waals surface area contributed by atoms with Gasteiger partial charge in [-0.3, -0.25) is 19.0 Å². The second-order valence-electron chi connectivity index (χ2n) is 8.70. The molecule has 186 valence electrons. The predicted molar refractivity (Wildman–Crippen MR) is 129 cm³/mol. The van der Waals surface area contributed by atoms with Crippen LogP contribution >= 0.6 is 0 Å². The summed E-state index contributed by atoms with van der Waals surface area (Å²) in [5, 5.41) is 2.87. The van der Waals surface area contributed by atoms with Crippen LogP contribution in [0.2, 0.25) is 0 Å². The van der Waals surface area contributed by atoms with Gasteiger partial charge in [-0.1, -0.05) is 30.3 Å². The van der Waals surface area contributed by atoms with E-state index in [0.29, 0.717) is 39.1 Å². The fourth-order valence-electron chi connectivity index (χ4n) is 4.44. The molecule has 35 heavy (non-hydrogen) atoms. The van der Waals surface area contributed by atoms with Gasteiger partial charge in [-0.05, 0) is 18.4 Å². The van der Waals surface area contributed by atoms with Crippen molar-refractivity contribution >= 4 is 23.0 Å². The maximum Gasteiger partial charge on any atom is 0.333 e. The third-order valence-electron chi connectivity index (χ3n) is 6.25. The molecule has 11 nitrogen and oxygen atoms in total. The van der Waals surface area contributed by atoms with Crippen molar-refractivity contribution in [3.8, 4) is 0 Å². The van der Waals surface area contributed by atoms with Crippen molar-refractivity contribution in [2.75, 3.05) is 26.8 Å². The van der Waals surface area contributed by atoms with Crippen molar-refractivity contribution in [3.05, 3.63) is 63.1 Å². The zero-order valence-corrected chi connectivity index (χ0v) is 20.0. The molecule has 1 aliphatic rings. The number of hydrogen-bond acceptors (Lipinski definition) is 6. The molecule has 2 amide bonds. The van der Waals surface area contributed by atoms with Crippen LogP contribution in [0.3, 0.4) is 0 Å². The lowest BCUT2D eigenvalue weighted by molar-refractivity contribution is -0.133. The van der Waals surface area contributed by atoms with Gasteiger partial charge in [0.05, 0.1) is 19.5 Å². The Balaban J connectivity index is 1.67. The van der Waals surface area contributed by atoms with Crippen molar-refractivity contribution in [1.82, 2.24) is 28.9 Å². The number of ether oxygens (including phenoxy) is 1. The minimum Gasteiger partial charge on any atom is -0.383 e. The Hall–Kier alpha value is -3.73. The van der Waals surface area contributed by atoms with E-state index in [4.69, 9.17) is 4.74 Å². The first-order valence-electron chi connectivity index (χ1n) is 11.6. The van der Waals surface area contributed by atoms with Crippen LogP contribution in [0, 0.1) is 0 Å². The molecule has 0 aliphatic carbocycles. The number of benzene rings is 1. The highest BCUT2D eigenvalue weighted by molar-refractivity contribution is 5.77. The molecule has 4 rings (SSSR count). The van der Waals surface area contributed by atoms with E-state index >= 15 is 0 Å². The molecule has 2 aromatic heterocycles. The van der Waals surface area contributed by atoms with E-state index in [1.54, 1.807) is 16.6 Å². The zero-order valence-electron chi connectivity index (χ0n) is 20.0. The van der Waals surface area contributed by atoms with Gasteiger partial charge in [0.1, 0.15) is 6.54 Å². The third kappa shape index (κ3) is 5.35. The van der Waals surface area contributed by atoms with Crippen LogP contribution in [-0.2, 0) is 34.0 Å². The first kappa shape index (κ1) is 24.4. The number of amides is 2. The van der Waals surface area contributed by atoms with Gasteiger partial charge in [0.2, 0.25) is 11.8 Å². The van der Waals surface area contributed by atoms with Crippen LogP contribution < -0.4 is 16.6 Å². The van der Waals surface area contributed by atoms with Crippen molar-refractivity contribution in [2.24, 2.45) is 0 Å². The average molecular weight is 483 g/mol.